The van der Waals surface area contributed by atoms with Crippen LogP contribution in [0.25, 0.3) is 33.7 Å². The fourth-order valence-corrected chi connectivity index (χ4v) is 3.10. The standard InChI is InChI=1S/C19H17ClN4/c1-12(2)11-24-18(13-7-3-4-8-14(13)20)23-17-19(24)22-16-10-6-5-9-15(16)21-17/h3-10,12H,11H2,1-2H3. The molecule has 0 saturated heterocycles. The SMILES string of the molecule is CC(C)Cn1c(-c2ccccc2Cl)nc2nc3ccccc3nc21. The van der Waals surface area contributed by atoms with Crippen molar-refractivity contribution >= 4 is 33.9 Å². The van der Waals surface area contributed by atoms with Crippen LogP contribution < -0.4 is 0 Å². The Balaban J connectivity index is 2.05. The van der Waals surface area contributed by atoms with E-state index in [-0.39, 0.29) is 0 Å². The molecule has 0 aliphatic carbocycles. The number of halogens is 1. The minimum absolute atomic E-state index is 0.455. The van der Waals surface area contributed by atoms with Crippen LogP contribution in [0.2, 0.25) is 5.02 Å². The van der Waals surface area contributed by atoms with Gasteiger partial charge in [0.05, 0.1) is 16.1 Å². The molecular formula is C19H17ClN4. The molecule has 4 aromatic rings. The number of rotatable bonds is 3. The molecule has 0 spiro atoms. The Hall–Kier alpha value is -2.46. The molecule has 0 N–H and O–H groups in total. The van der Waals surface area contributed by atoms with Crippen molar-refractivity contribution in [1.29, 1.82) is 0 Å². The summed E-state index contributed by atoms with van der Waals surface area (Å²) in [6.07, 6.45) is 0. The molecule has 0 aliphatic rings. The number of para-hydroxylation sites is 2. The first-order chi connectivity index (χ1) is 11.6. The van der Waals surface area contributed by atoms with Gasteiger partial charge in [0.2, 0.25) is 0 Å². The minimum Gasteiger partial charge on any atom is -0.307 e. The van der Waals surface area contributed by atoms with Gasteiger partial charge in [-0.2, -0.15) is 0 Å². The summed E-state index contributed by atoms with van der Waals surface area (Å²) in [4.78, 5) is 14.2. The summed E-state index contributed by atoms with van der Waals surface area (Å²) in [5.74, 6) is 1.27. The van der Waals surface area contributed by atoms with Gasteiger partial charge in [-0.3, -0.25) is 0 Å². The molecule has 5 heteroatoms. The molecule has 2 aromatic carbocycles. The molecule has 2 heterocycles. The maximum Gasteiger partial charge on any atom is 0.198 e. The summed E-state index contributed by atoms with van der Waals surface area (Å²) >= 11 is 6.41. The van der Waals surface area contributed by atoms with Crippen LogP contribution in [0.3, 0.4) is 0 Å². The van der Waals surface area contributed by atoms with Crippen LogP contribution in [-0.2, 0) is 6.54 Å². The van der Waals surface area contributed by atoms with E-state index in [1.165, 1.54) is 0 Å². The zero-order valence-corrected chi connectivity index (χ0v) is 14.3. The predicted octanol–water partition coefficient (Wildman–Crippen LogP) is 4.96. The highest BCUT2D eigenvalue weighted by Crippen LogP contribution is 2.30. The molecule has 4 rings (SSSR count). The first kappa shape index (κ1) is 15.1. The molecule has 0 amide bonds. The second-order valence-electron chi connectivity index (χ2n) is 6.28. The molecule has 4 nitrogen and oxygen atoms in total. The topological polar surface area (TPSA) is 43.6 Å². The van der Waals surface area contributed by atoms with Gasteiger partial charge in [-0.05, 0) is 30.2 Å². The number of fused-ring (bicyclic) bond motifs is 2. The molecule has 120 valence electrons. The number of benzene rings is 2. The Morgan fingerprint density at radius 1 is 0.917 bits per heavy atom. The average molecular weight is 337 g/mol. The molecule has 0 atom stereocenters. The van der Waals surface area contributed by atoms with Gasteiger partial charge in [0.25, 0.3) is 0 Å². The third-order valence-electron chi connectivity index (χ3n) is 3.92. The molecule has 0 unspecified atom stereocenters. The van der Waals surface area contributed by atoms with Crippen LogP contribution in [0.15, 0.2) is 48.5 Å². The lowest BCUT2D eigenvalue weighted by molar-refractivity contribution is 0.534. The molecule has 24 heavy (non-hydrogen) atoms. The Morgan fingerprint density at radius 3 is 2.29 bits per heavy atom. The highest BCUT2D eigenvalue weighted by Gasteiger charge is 2.18. The molecular weight excluding hydrogens is 320 g/mol. The van der Waals surface area contributed by atoms with Crippen molar-refractivity contribution in [3.63, 3.8) is 0 Å². The summed E-state index contributed by atoms with van der Waals surface area (Å²) in [5, 5.41) is 0.683. The first-order valence-corrected chi connectivity index (χ1v) is 8.39. The molecule has 2 aromatic heterocycles. The van der Waals surface area contributed by atoms with Crippen molar-refractivity contribution in [2.45, 2.75) is 20.4 Å². The van der Waals surface area contributed by atoms with E-state index in [4.69, 9.17) is 21.6 Å². The maximum absolute atomic E-state index is 6.41. The zero-order valence-electron chi connectivity index (χ0n) is 13.6. The fourth-order valence-electron chi connectivity index (χ4n) is 2.88. The van der Waals surface area contributed by atoms with E-state index in [0.29, 0.717) is 16.6 Å². The second kappa shape index (κ2) is 5.87. The smallest absolute Gasteiger partial charge is 0.198 e. The third kappa shape index (κ3) is 2.53. The van der Waals surface area contributed by atoms with Crippen LogP contribution in [0.1, 0.15) is 13.8 Å². The number of hydrogen-bond donors (Lipinski definition) is 0. The van der Waals surface area contributed by atoms with Crippen molar-refractivity contribution < 1.29 is 0 Å². The normalized spacial score (nSPS) is 11.7. The summed E-state index contributed by atoms with van der Waals surface area (Å²) in [6, 6.07) is 15.6. The second-order valence-corrected chi connectivity index (χ2v) is 6.69. The lowest BCUT2D eigenvalue weighted by atomic mass is 10.2. The summed E-state index contributed by atoms with van der Waals surface area (Å²) < 4.78 is 2.13. The first-order valence-electron chi connectivity index (χ1n) is 8.01. The van der Waals surface area contributed by atoms with Crippen LogP contribution >= 0.6 is 11.6 Å². The van der Waals surface area contributed by atoms with Gasteiger partial charge in [0, 0.05) is 12.1 Å². The highest BCUT2D eigenvalue weighted by atomic mass is 35.5. The molecule has 0 bridgehead atoms. The van der Waals surface area contributed by atoms with E-state index in [2.05, 4.69) is 23.4 Å². The van der Waals surface area contributed by atoms with Crippen molar-refractivity contribution in [2.24, 2.45) is 5.92 Å². The van der Waals surface area contributed by atoms with Gasteiger partial charge in [0.1, 0.15) is 5.82 Å². The maximum atomic E-state index is 6.41. The number of hydrogen-bond acceptors (Lipinski definition) is 3. The van der Waals surface area contributed by atoms with E-state index in [1.807, 2.05) is 48.5 Å². The van der Waals surface area contributed by atoms with Crippen molar-refractivity contribution in [1.82, 2.24) is 19.5 Å². The largest absolute Gasteiger partial charge is 0.307 e. The van der Waals surface area contributed by atoms with Crippen molar-refractivity contribution in [3.8, 4) is 11.4 Å². The summed E-state index contributed by atoms with van der Waals surface area (Å²) in [5.41, 5.74) is 4.09. The quantitative estimate of drug-likeness (QED) is 0.531. The Morgan fingerprint density at radius 2 is 1.58 bits per heavy atom. The van der Waals surface area contributed by atoms with Crippen molar-refractivity contribution in [3.05, 3.63) is 53.6 Å². The lowest BCUT2D eigenvalue weighted by Gasteiger charge is -2.12. The Kier molecular flexibility index (Phi) is 3.69. The highest BCUT2D eigenvalue weighted by molar-refractivity contribution is 6.33. The van der Waals surface area contributed by atoms with Crippen LogP contribution in [-0.4, -0.2) is 19.5 Å². The Labute approximate surface area is 145 Å². The zero-order chi connectivity index (χ0) is 16.7. The Bertz CT molecular complexity index is 1040. The van der Waals surface area contributed by atoms with Gasteiger partial charge < -0.3 is 4.57 Å². The monoisotopic (exact) mass is 336 g/mol. The number of nitrogens with zero attached hydrogens (tertiary/aromatic N) is 4. The van der Waals surface area contributed by atoms with E-state index >= 15 is 0 Å². The van der Waals surface area contributed by atoms with E-state index in [1.54, 1.807) is 0 Å². The van der Waals surface area contributed by atoms with Crippen LogP contribution in [0, 0.1) is 5.92 Å². The molecule has 0 fully saturated rings. The van der Waals surface area contributed by atoms with Crippen molar-refractivity contribution in [2.75, 3.05) is 0 Å². The van der Waals surface area contributed by atoms with Gasteiger partial charge in [-0.15, -0.1) is 0 Å². The van der Waals surface area contributed by atoms with Crippen LogP contribution in [0.4, 0.5) is 0 Å². The molecule has 0 saturated carbocycles. The van der Waals surface area contributed by atoms with E-state index in [9.17, 15) is 0 Å². The average Bonchev–Trinajstić information content (AvgIpc) is 2.90. The van der Waals surface area contributed by atoms with E-state index in [0.717, 1.165) is 34.6 Å². The number of imidazole rings is 1. The number of aromatic nitrogens is 4. The molecule has 0 aliphatic heterocycles. The fraction of sp³-hybridized carbons (Fsp3) is 0.211. The molecule has 0 radical (unpaired) electrons. The lowest BCUT2D eigenvalue weighted by Crippen LogP contribution is -2.07. The van der Waals surface area contributed by atoms with E-state index < -0.39 is 0 Å². The van der Waals surface area contributed by atoms with Gasteiger partial charge in [-0.25, -0.2) is 15.0 Å². The van der Waals surface area contributed by atoms with Gasteiger partial charge in [0.15, 0.2) is 11.3 Å². The summed E-state index contributed by atoms with van der Waals surface area (Å²) in [6.45, 7) is 5.16. The predicted molar refractivity (Wildman–Crippen MR) is 98.1 cm³/mol. The van der Waals surface area contributed by atoms with Crippen LogP contribution in [0.5, 0.6) is 0 Å². The third-order valence-corrected chi connectivity index (χ3v) is 4.25. The summed E-state index contributed by atoms with van der Waals surface area (Å²) in [7, 11) is 0. The van der Waals surface area contributed by atoms with Gasteiger partial charge in [-0.1, -0.05) is 49.7 Å². The van der Waals surface area contributed by atoms with Gasteiger partial charge >= 0.3 is 0 Å². The minimum atomic E-state index is 0.455.